The SMILES string of the molecule is CC(C)(C)c1ccc(CCC(=O)N2CCN(c3cnccn3)CC2)cc1. The van der Waals surface area contributed by atoms with Crippen LogP contribution in [0.15, 0.2) is 42.9 Å². The molecule has 0 unspecified atom stereocenters. The van der Waals surface area contributed by atoms with E-state index in [1.165, 1.54) is 11.1 Å². The zero-order valence-electron chi connectivity index (χ0n) is 16.0. The van der Waals surface area contributed by atoms with Gasteiger partial charge in [-0.25, -0.2) is 4.98 Å². The standard InChI is InChI=1S/C21H28N4O/c1-21(2,3)18-7-4-17(5-8-18)6-9-20(26)25-14-12-24(13-15-25)19-16-22-10-11-23-19/h4-5,7-8,10-11,16H,6,9,12-15H2,1-3H3. The Balaban J connectivity index is 1.47. The maximum absolute atomic E-state index is 12.5. The van der Waals surface area contributed by atoms with Gasteiger partial charge in [0.25, 0.3) is 0 Å². The summed E-state index contributed by atoms with van der Waals surface area (Å²) < 4.78 is 0. The van der Waals surface area contributed by atoms with Gasteiger partial charge in [0.15, 0.2) is 0 Å². The summed E-state index contributed by atoms with van der Waals surface area (Å²) in [6.07, 6.45) is 6.53. The Kier molecular flexibility index (Phi) is 5.55. The summed E-state index contributed by atoms with van der Waals surface area (Å²) in [5, 5.41) is 0. The molecule has 1 amide bonds. The van der Waals surface area contributed by atoms with Crippen LogP contribution in [0.2, 0.25) is 0 Å². The molecule has 0 atom stereocenters. The number of benzene rings is 1. The summed E-state index contributed by atoms with van der Waals surface area (Å²) in [5.74, 6) is 1.13. The molecule has 2 aromatic rings. The minimum Gasteiger partial charge on any atom is -0.352 e. The van der Waals surface area contributed by atoms with Gasteiger partial charge < -0.3 is 9.80 Å². The zero-order chi connectivity index (χ0) is 18.6. The molecule has 3 rings (SSSR count). The maximum Gasteiger partial charge on any atom is 0.223 e. The first-order valence-electron chi connectivity index (χ1n) is 9.31. The molecule has 138 valence electrons. The van der Waals surface area contributed by atoms with Crippen LogP contribution in [-0.2, 0) is 16.6 Å². The molecular weight excluding hydrogens is 324 g/mol. The van der Waals surface area contributed by atoms with E-state index in [-0.39, 0.29) is 11.3 Å². The fourth-order valence-corrected chi connectivity index (χ4v) is 3.22. The van der Waals surface area contributed by atoms with Gasteiger partial charge in [-0.1, -0.05) is 45.0 Å². The topological polar surface area (TPSA) is 49.3 Å². The number of amides is 1. The lowest BCUT2D eigenvalue weighted by molar-refractivity contribution is -0.131. The van der Waals surface area contributed by atoms with Gasteiger partial charge in [-0.3, -0.25) is 9.78 Å². The predicted molar refractivity (Wildman–Crippen MR) is 104 cm³/mol. The Labute approximate surface area is 156 Å². The largest absolute Gasteiger partial charge is 0.352 e. The van der Waals surface area contributed by atoms with Crippen molar-refractivity contribution in [2.24, 2.45) is 0 Å². The van der Waals surface area contributed by atoms with E-state index in [1.807, 2.05) is 4.90 Å². The molecular formula is C21H28N4O. The van der Waals surface area contributed by atoms with Crippen molar-refractivity contribution >= 4 is 11.7 Å². The highest BCUT2D eigenvalue weighted by molar-refractivity contribution is 5.76. The van der Waals surface area contributed by atoms with Gasteiger partial charge in [0.2, 0.25) is 5.91 Å². The van der Waals surface area contributed by atoms with Crippen LogP contribution in [0.3, 0.4) is 0 Å². The van der Waals surface area contributed by atoms with Crippen LogP contribution >= 0.6 is 0 Å². The number of piperazine rings is 1. The first kappa shape index (κ1) is 18.4. The fourth-order valence-electron chi connectivity index (χ4n) is 3.22. The van der Waals surface area contributed by atoms with Gasteiger partial charge in [0, 0.05) is 45.0 Å². The lowest BCUT2D eigenvalue weighted by atomic mass is 9.86. The van der Waals surface area contributed by atoms with E-state index in [2.05, 4.69) is 59.9 Å². The minimum absolute atomic E-state index is 0.164. The van der Waals surface area contributed by atoms with Crippen LogP contribution in [-0.4, -0.2) is 47.0 Å². The summed E-state index contributed by atoms with van der Waals surface area (Å²) in [5.41, 5.74) is 2.72. The van der Waals surface area contributed by atoms with Crippen LogP contribution < -0.4 is 4.90 Å². The van der Waals surface area contributed by atoms with Gasteiger partial charge in [-0.2, -0.15) is 0 Å². The van der Waals surface area contributed by atoms with Crippen LogP contribution in [0.5, 0.6) is 0 Å². The molecule has 1 aliphatic heterocycles. The van der Waals surface area contributed by atoms with Crippen molar-refractivity contribution in [3.05, 3.63) is 54.0 Å². The van der Waals surface area contributed by atoms with Crippen molar-refractivity contribution in [2.75, 3.05) is 31.1 Å². The number of rotatable bonds is 4. The highest BCUT2D eigenvalue weighted by atomic mass is 16.2. The van der Waals surface area contributed by atoms with E-state index >= 15 is 0 Å². The second kappa shape index (κ2) is 7.85. The van der Waals surface area contributed by atoms with E-state index < -0.39 is 0 Å². The predicted octanol–water partition coefficient (Wildman–Crippen LogP) is 3.06. The van der Waals surface area contributed by atoms with E-state index in [0.29, 0.717) is 6.42 Å². The molecule has 5 nitrogen and oxygen atoms in total. The molecule has 1 fully saturated rings. The summed E-state index contributed by atoms with van der Waals surface area (Å²) in [4.78, 5) is 25.1. The highest BCUT2D eigenvalue weighted by Crippen LogP contribution is 2.22. The van der Waals surface area contributed by atoms with Crippen molar-refractivity contribution in [3.8, 4) is 0 Å². The van der Waals surface area contributed by atoms with Crippen molar-refractivity contribution in [1.29, 1.82) is 0 Å². The number of carbonyl (C=O) groups is 1. The third-order valence-corrected chi connectivity index (χ3v) is 4.95. The number of aromatic nitrogens is 2. The van der Waals surface area contributed by atoms with Crippen molar-refractivity contribution in [1.82, 2.24) is 14.9 Å². The average molecular weight is 352 g/mol. The van der Waals surface area contributed by atoms with Crippen molar-refractivity contribution in [2.45, 2.75) is 39.0 Å². The van der Waals surface area contributed by atoms with E-state index in [1.54, 1.807) is 18.6 Å². The molecule has 1 aromatic carbocycles. The third kappa shape index (κ3) is 4.59. The Morgan fingerprint density at radius 1 is 1.04 bits per heavy atom. The number of hydrogen-bond donors (Lipinski definition) is 0. The van der Waals surface area contributed by atoms with Gasteiger partial charge in [0.1, 0.15) is 5.82 Å². The highest BCUT2D eigenvalue weighted by Gasteiger charge is 2.21. The third-order valence-electron chi connectivity index (χ3n) is 4.95. The summed E-state index contributed by atoms with van der Waals surface area (Å²) >= 11 is 0. The second-order valence-corrected chi connectivity index (χ2v) is 7.88. The van der Waals surface area contributed by atoms with E-state index in [9.17, 15) is 4.79 Å². The van der Waals surface area contributed by atoms with Gasteiger partial charge in [-0.15, -0.1) is 0 Å². The molecule has 0 saturated carbocycles. The monoisotopic (exact) mass is 352 g/mol. The van der Waals surface area contributed by atoms with E-state index in [4.69, 9.17) is 0 Å². The normalized spacial score (nSPS) is 15.2. The maximum atomic E-state index is 12.5. The summed E-state index contributed by atoms with van der Waals surface area (Å²) in [6.45, 7) is 9.76. The van der Waals surface area contributed by atoms with Crippen LogP contribution in [0.1, 0.15) is 38.3 Å². The molecule has 0 aliphatic carbocycles. The minimum atomic E-state index is 0.164. The molecule has 5 heteroatoms. The number of hydrogen-bond acceptors (Lipinski definition) is 4. The molecule has 2 heterocycles. The molecule has 0 spiro atoms. The smallest absolute Gasteiger partial charge is 0.223 e. The molecule has 1 aromatic heterocycles. The lowest BCUT2D eigenvalue weighted by Gasteiger charge is -2.35. The van der Waals surface area contributed by atoms with Crippen LogP contribution in [0.4, 0.5) is 5.82 Å². The molecule has 0 radical (unpaired) electrons. The molecule has 26 heavy (non-hydrogen) atoms. The Morgan fingerprint density at radius 2 is 1.73 bits per heavy atom. The number of carbonyl (C=O) groups excluding carboxylic acids is 1. The number of nitrogens with zero attached hydrogens (tertiary/aromatic N) is 4. The van der Waals surface area contributed by atoms with Crippen LogP contribution in [0.25, 0.3) is 0 Å². The Hall–Kier alpha value is -2.43. The van der Waals surface area contributed by atoms with Gasteiger partial charge in [-0.05, 0) is 23.0 Å². The van der Waals surface area contributed by atoms with Crippen molar-refractivity contribution in [3.63, 3.8) is 0 Å². The molecule has 1 aliphatic rings. The Bertz CT molecular complexity index is 714. The molecule has 1 saturated heterocycles. The summed E-state index contributed by atoms with van der Waals surface area (Å²) in [7, 11) is 0. The molecule has 0 N–H and O–H groups in total. The van der Waals surface area contributed by atoms with Gasteiger partial charge >= 0.3 is 0 Å². The number of anilines is 1. The average Bonchev–Trinajstić information content (AvgIpc) is 2.66. The Morgan fingerprint density at radius 3 is 2.31 bits per heavy atom. The first-order chi connectivity index (χ1) is 12.4. The number of aryl methyl sites for hydroxylation is 1. The van der Waals surface area contributed by atoms with E-state index in [0.717, 1.165) is 38.4 Å². The van der Waals surface area contributed by atoms with Crippen LogP contribution in [0, 0.1) is 0 Å². The zero-order valence-corrected chi connectivity index (χ0v) is 16.0. The first-order valence-corrected chi connectivity index (χ1v) is 9.31. The van der Waals surface area contributed by atoms with Gasteiger partial charge in [0.05, 0.1) is 6.20 Å². The lowest BCUT2D eigenvalue weighted by Crippen LogP contribution is -2.49. The molecule has 0 bridgehead atoms. The fraction of sp³-hybridized carbons (Fsp3) is 0.476. The quantitative estimate of drug-likeness (QED) is 0.849. The van der Waals surface area contributed by atoms with Crippen molar-refractivity contribution < 1.29 is 4.79 Å². The second-order valence-electron chi connectivity index (χ2n) is 7.88. The summed E-state index contributed by atoms with van der Waals surface area (Å²) in [6, 6.07) is 8.67.